The fourth-order valence-corrected chi connectivity index (χ4v) is 2.51. The molecule has 8 heteroatoms. The van der Waals surface area contributed by atoms with Crippen LogP contribution in [0.1, 0.15) is 57.8 Å². The molecule has 0 aliphatic carbocycles. The zero-order chi connectivity index (χ0) is 20.5. The number of rotatable bonds is 14. The van der Waals surface area contributed by atoms with Crippen LogP contribution >= 0.6 is 0 Å². The summed E-state index contributed by atoms with van der Waals surface area (Å²) in [6.07, 6.45) is 16.5. The predicted molar refractivity (Wildman–Crippen MR) is 108 cm³/mol. The number of hydrogen-bond donors (Lipinski definition) is 0. The van der Waals surface area contributed by atoms with E-state index in [9.17, 15) is 9.59 Å². The monoisotopic (exact) mass is 392 g/mol. The molecule has 28 heavy (non-hydrogen) atoms. The summed E-state index contributed by atoms with van der Waals surface area (Å²) in [5.41, 5.74) is 0. The third-order valence-corrected chi connectivity index (χ3v) is 4.14. The number of ether oxygens (including phenoxy) is 2. The van der Waals surface area contributed by atoms with Crippen LogP contribution in [0.5, 0.6) is 0 Å². The van der Waals surface area contributed by atoms with Gasteiger partial charge in [-0.25, -0.2) is 19.1 Å². The fraction of sp³-hybridized carbons (Fsp3) is 0.600. The van der Waals surface area contributed by atoms with Gasteiger partial charge in [0.05, 0.1) is 13.2 Å². The van der Waals surface area contributed by atoms with E-state index in [0.717, 1.165) is 38.5 Å². The van der Waals surface area contributed by atoms with Crippen molar-refractivity contribution in [2.24, 2.45) is 4.99 Å². The highest BCUT2D eigenvalue weighted by atomic mass is 16.6. The molecule has 0 N–H and O–H groups in total. The minimum atomic E-state index is -0.379. The van der Waals surface area contributed by atoms with Gasteiger partial charge >= 0.3 is 12.2 Å². The van der Waals surface area contributed by atoms with Crippen molar-refractivity contribution in [1.82, 2.24) is 14.5 Å². The molecule has 0 unspecified atom stereocenters. The van der Waals surface area contributed by atoms with Gasteiger partial charge in [0.2, 0.25) is 0 Å². The van der Waals surface area contributed by atoms with Crippen LogP contribution in [0.25, 0.3) is 0 Å². The molecule has 0 spiro atoms. The third-order valence-electron chi connectivity index (χ3n) is 4.14. The number of aliphatic imine (C=N–C) groups is 1. The first-order chi connectivity index (χ1) is 13.6. The lowest BCUT2D eigenvalue weighted by Crippen LogP contribution is -2.22. The molecule has 0 fully saturated rings. The van der Waals surface area contributed by atoms with Crippen molar-refractivity contribution in [2.75, 3.05) is 20.3 Å². The number of carbonyl (C=O) groups is 2. The Morgan fingerprint density at radius 3 is 2.14 bits per heavy atom. The van der Waals surface area contributed by atoms with Crippen molar-refractivity contribution in [3.05, 3.63) is 31.1 Å². The van der Waals surface area contributed by atoms with Gasteiger partial charge in [0.1, 0.15) is 6.33 Å². The van der Waals surface area contributed by atoms with Gasteiger partial charge in [-0.2, -0.15) is 0 Å². The molecule has 156 valence electrons. The van der Waals surface area contributed by atoms with E-state index >= 15 is 0 Å². The average Bonchev–Trinajstić information content (AvgIpc) is 3.24. The Balaban J connectivity index is 1.83. The summed E-state index contributed by atoms with van der Waals surface area (Å²) in [6, 6.07) is 0. The minimum Gasteiger partial charge on any atom is -0.449 e. The van der Waals surface area contributed by atoms with Gasteiger partial charge < -0.3 is 9.47 Å². The van der Waals surface area contributed by atoms with Gasteiger partial charge in [-0.3, -0.25) is 9.89 Å². The summed E-state index contributed by atoms with van der Waals surface area (Å²) in [5, 5.41) is 0. The molecular formula is C20H32N4O4. The minimum absolute atomic E-state index is 0.375. The van der Waals surface area contributed by atoms with E-state index in [2.05, 4.69) is 16.7 Å². The Bertz CT molecular complexity index is 587. The van der Waals surface area contributed by atoms with Gasteiger partial charge in [0, 0.05) is 31.8 Å². The van der Waals surface area contributed by atoms with Gasteiger partial charge in [-0.05, 0) is 19.6 Å². The maximum Gasteiger partial charge on any atom is 0.419 e. The van der Waals surface area contributed by atoms with Crippen molar-refractivity contribution in [3.63, 3.8) is 0 Å². The van der Waals surface area contributed by atoms with E-state index in [1.165, 1.54) is 47.5 Å². The number of nitrogens with zero attached hydrogens (tertiary/aromatic N) is 4. The summed E-state index contributed by atoms with van der Waals surface area (Å²) in [7, 11) is 1.62. The molecule has 0 saturated heterocycles. The standard InChI is InChI=1S/C20H32N4O4/c1-21-12-14-23(2)19(25)27-16-10-8-6-4-3-5-7-9-11-17-28-20(26)24-15-13-22-18-24/h12-15,18H,1,3-11,16-17H2,2H3/b14-12-. The lowest BCUT2D eigenvalue weighted by molar-refractivity contribution is 0.121. The molecule has 0 radical (unpaired) electrons. The second kappa shape index (κ2) is 15.4. The third kappa shape index (κ3) is 11.2. The first kappa shape index (κ1) is 23.4. The molecule has 1 amide bonds. The van der Waals surface area contributed by atoms with Crippen LogP contribution in [-0.2, 0) is 9.47 Å². The smallest absolute Gasteiger partial charge is 0.419 e. The van der Waals surface area contributed by atoms with Gasteiger partial charge in [-0.15, -0.1) is 0 Å². The van der Waals surface area contributed by atoms with Crippen LogP contribution < -0.4 is 0 Å². The van der Waals surface area contributed by atoms with Crippen molar-refractivity contribution < 1.29 is 19.1 Å². The van der Waals surface area contributed by atoms with Crippen LogP contribution in [0.2, 0.25) is 0 Å². The second-order valence-electron chi connectivity index (χ2n) is 6.47. The van der Waals surface area contributed by atoms with E-state index in [4.69, 9.17) is 9.47 Å². The molecule has 1 heterocycles. The number of unbranched alkanes of at least 4 members (excludes halogenated alkanes) is 8. The molecule has 1 rings (SSSR count). The molecule has 0 aromatic carbocycles. The number of carbonyl (C=O) groups excluding carboxylic acids is 2. The Labute approximate surface area is 167 Å². The molecule has 0 bridgehead atoms. The van der Waals surface area contributed by atoms with Gasteiger partial charge in [0.15, 0.2) is 0 Å². The van der Waals surface area contributed by atoms with Crippen LogP contribution in [0.3, 0.4) is 0 Å². The Hall–Kier alpha value is -2.64. The Kier molecular flexibility index (Phi) is 12.9. The second-order valence-corrected chi connectivity index (χ2v) is 6.47. The number of hydrogen-bond acceptors (Lipinski definition) is 6. The first-order valence-electron chi connectivity index (χ1n) is 9.82. The number of aromatic nitrogens is 2. The summed E-state index contributed by atoms with van der Waals surface area (Å²) in [5.74, 6) is 0. The van der Waals surface area contributed by atoms with Crippen molar-refractivity contribution in [3.8, 4) is 0 Å². The van der Waals surface area contributed by atoms with Crippen LogP contribution in [-0.4, -0.2) is 53.6 Å². The van der Waals surface area contributed by atoms with Crippen LogP contribution in [0, 0.1) is 0 Å². The lowest BCUT2D eigenvalue weighted by atomic mass is 10.1. The molecule has 0 saturated carbocycles. The zero-order valence-corrected chi connectivity index (χ0v) is 16.8. The molecular weight excluding hydrogens is 360 g/mol. The topological polar surface area (TPSA) is 86.0 Å². The lowest BCUT2D eigenvalue weighted by Gasteiger charge is -2.11. The predicted octanol–water partition coefficient (Wildman–Crippen LogP) is 4.62. The molecule has 0 aliphatic rings. The fourth-order valence-electron chi connectivity index (χ4n) is 2.51. The van der Waals surface area contributed by atoms with Gasteiger partial charge in [0.25, 0.3) is 0 Å². The molecule has 0 atom stereocenters. The van der Waals surface area contributed by atoms with E-state index in [1.54, 1.807) is 19.4 Å². The van der Waals surface area contributed by atoms with E-state index < -0.39 is 0 Å². The Morgan fingerprint density at radius 2 is 1.61 bits per heavy atom. The molecule has 0 aliphatic heterocycles. The van der Waals surface area contributed by atoms with Crippen LogP contribution in [0.4, 0.5) is 9.59 Å². The summed E-state index contributed by atoms with van der Waals surface area (Å²) in [6.45, 7) is 4.20. The normalized spacial score (nSPS) is 10.8. The highest BCUT2D eigenvalue weighted by molar-refractivity contribution is 5.69. The molecule has 8 nitrogen and oxygen atoms in total. The number of amides is 1. The Morgan fingerprint density at radius 1 is 1.04 bits per heavy atom. The SMILES string of the molecule is C=N/C=C\N(C)C(=O)OCCCCCCCCCCCOC(=O)n1ccnc1. The van der Waals surface area contributed by atoms with Crippen molar-refractivity contribution in [1.29, 1.82) is 0 Å². The van der Waals surface area contributed by atoms with Crippen LogP contribution in [0.15, 0.2) is 36.1 Å². The summed E-state index contributed by atoms with van der Waals surface area (Å²) >= 11 is 0. The van der Waals surface area contributed by atoms with Crippen molar-refractivity contribution in [2.45, 2.75) is 57.8 Å². The average molecular weight is 393 g/mol. The first-order valence-corrected chi connectivity index (χ1v) is 9.82. The maximum absolute atomic E-state index is 11.6. The number of imidazole rings is 1. The van der Waals surface area contributed by atoms with Gasteiger partial charge in [-0.1, -0.05) is 44.9 Å². The largest absolute Gasteiger partial charge is 0.449 e. The summed E-state index contributed by atoms with van der Waals surface area (Å²) < 4.78 is 11.6. The quantitative estimate of drug-likeness (QED) is 0.341. The highest BCUT2D eigenvalue weighted by Gasteiger charge is 2.06. The van der Waals surface area contributed by atoms with E-state index in [0.29, 0.717) is 13.2 Å². The maximum atomic E-state index is 11.6. The molecule has 1 aromatic rings. The van der Waals surface area contributed by atoms with E-state index in [-0.39, 0.29) is 12.2 Å². The zero-order valence-electron chi connectivity index (χ0n) is 16.8. The van der Waals surface area contributed by atoms with Crippen molar-refractivity contribution >= 4 is 18.9 Å². The summed E-state index contributed by atoms with van der Waals surface area (Å²) in [4.78, 5) is 31.8. The van der Waals surface area contributed by atoms with E-state index in [1.807, 2.05) is 0 Å². The highest BCUT2D eigenvalue weighted by Crippen LogP contribution is 2.10. The molecule has 1 aromatic heterocycles.